The molecule has 3 heterocycles. The molecule has 2 aromatic heterocycles. The maximum Gasteiger partial charge on any atom is 0.338 e. The number of esters is 1. The standard InChI is InChI=1S/C12H15N5O6/c13-9-5-10(15-3-14-9)17(4-16-5)11-7(20)6(19)8(23-11)12(21)22-2-1-18/h3-4,6-8,11,18-20H,1-2H2,(H2,13,14,15)/t6-,7-,8+,11-/m0/s1. The predicted molar refractivity (Wildman–Crippen MR) is 73.7 cm³/mol. The maximum atomic E-state index is 11.8. The molecule has 1 fully saturated rings. The van der Waals surface area contributed by atoms with Gasteiger partial charge < -0.3 is 30.5 Å². The zero-order valence-electron chi connectivity index (χ0n) is 11.8. The van der Waals surface area contributed by atoms with Crippen LogP contribution in [0.15, 0.2) is 12.7 Å². The second-order valence-corrected chi connectivity index (χ2v) is 4.90. The molecule has 0 radical (unpaired) electrons. The van der Waals surface area contributed by atoms with E-state index in [1.807, 2.05) is 0 Å². The Morgan fingerprint density at radius 3 is 2.87 bits per heavy atom. The summed E-state index contributed by atoms with van der Waals surface area (Å²) in [4.78, 5) is 23.6. The lowest BCUT2D eigenvalue weighted by Gasteiger charge is -2.16. The van der Waals surface area contributed by atoms with E-state index in [9.17, 15) is 15.0 Å². The average Bonchev–Trinajstić information content (AvgIpc) is 3.09. The van der Waals surface area contributed by atoms with Crippen LogP contribution in [0.4, 0.5) is 5.82 Å². The molecule has 0 saturated carbocycles. The zero-order chi connectivity index (χ0) is 16.6. The summed E-state index contributed by atoms with van der Waals surface area (Å²) in [7, 11) is 0. The van der Waals surface area contributed by atoms with Crippen LogP contribution in [0, 0.1) is 0 Å². The van der Waals surface area contributed by atoms with Crippen molar-refractivity contribution in [2.75, 3.05) is 18.9 Å². The highest BCUT2D eigenvalue weighted by Crippen LogP contribution is 2.32. The first kappa shape index (κ1) is 15.6. The van der Waals surface area contributed by atoms with Crippen LogP contribution >= 0.6 is 0 Å². The number of aromatic nitrogens is 4. The molecule has 3 rings (SSSR count). The van der Waals surface area contributed by atoms with Gasteiger partial charge in [-0.3, -0.25) is 4.57 Å². The van der Waals surface area contributed by atoms with Gasteiger partial charge in [-0.15, -0.1) is 0 Å². The van der Waals surface area contributed by atoms with Crippen LogP contribution in [0.3, 0.4) is 0 Å². The number of anilines is 1. The summed E-state index contributed by atoms with van der Waals surface area (Å²) in [6.07, 6.45) is -2.86. The number of fused-ring (bicyclic) bond motifs is 1. The van der Waals surface area contributed by atoms with Crippen molar-refractivity contribution in [2.24, 2.45) is 0 Å². The molecule has 11 heteroatoms. The fourth-order valence-corrected chi connectivity index (χ4v) is 2.37. The van der Waals surface area contributed by atoms with Crippen LogP contribution in [-0.4, -0.2) is 72.3 Å². The first-order valence-electron chi connectivity index (χ1n) is 6.76. The van der Waals surface area contributed by atoms with E-state index in [-0.39, 0.29) is 24.7 Å². The van der Waals surface area contributed by atoms with Crippen molar-refractivity contribution in [3.8, 4) is 0 Å². The van der Waals surface area contributed by atoms with E-state index in [0.717, 1.165) is 0 Å². The number of nitrogens with zero attached hydrogens (tertiary/aromatic N) is 4. The van der Waals surface area contributed by atoms with Gasteiger partial charge in [-0.05, 0) is 0 Å². The Balaban J connectivity index is 1.88. The van der Waals surface area contributed by atoms with Crippen LogP contribution < -0.4 is 5.73 Å². The van der Waals surface area contributed by atoms with Crippen molar-refractivity contribution in [3.05, 3.63) is 12.7 Å². The van der Waals surface area contributed by atoms with Crippen LogP contribution in [0.1, 0.15) is 6.23 Å². The number of aliphatic hydroxyl groups is 3. The lowest BCUT2D eigenvalue weighted by Crippen LogP contribution is -2.37. The number of nitrogen functional groups attached to an aromatic ring is 1. The van der Waals surface area contributed by atoms with Gasteiger partial charge >= 0.3 is 5.97 Å². The fraction of sp³-hybridized carbons (Fsp3) is 0.500. The molecule has 0 aromatic carbocycles. The topological polar surface area (TPSA) is 166 Å². The van der Waals surface area contributed by atoms with E-state index >= 15 is 0 Å². The molecule has 0 spiro atoms. The predicted octanol–water partition coefficient (Wildman–Crippen LogP) is -2.44. The van der Waals surface area contributed by atoms with Gasteiger partial charge in [-0.1, -0.05) is 0 Å². The summed E-state index contributed by atoms with van der Waals surface area (Å²) in [5.74, 6) is -0.729. The lowest BCUT2D eigenvalue weighted by molar-refractivity contribution is -0.162. The Labute approximate surface area is 129 Å². The third kappa shape index (κ3) is 2.59. The second kappa shape index (κ2) is 6.04. The summed E-state index contributed by atoms with van der Waals surface area (Å²) in [5, 5.41) is 28.8. The van der Waals surface area contributed by atoms with E-state index in [0.29, 0.717) is 5.52 Å². The molecule has 0 amide bonds. The molecule has 0 bridgehead atoms. The minimum Gasteiger partial charge on any atom is -0.461 e. The normalized spacial score (nSPS) is 27.4. The molecule has 0 aliphatic carbocycles. The molecule has 0 unspecified atom stereocenters. The van der Waals surface area contributed by atoms with Gasteiger partial charge in [0, 0.05) is 0 Å². The maximum absolute atomic E-state index is 11.8. The van der Waals surface area contributed by atoms with Gasteiger partial charge in [0.2, 0.25) is 0 Å². The van der Waals surface area contributed by atoms with Crippen LogP contribution in [0.5, 0.6) is 0 Å². The number of ether oxygens (including phenoxy) is 2. The van der Waals surface area contributed by atoms with E-state index in [2.05, 4.69) is 15.0 Å². The van der Waals surface area contributed by atoms with Crippen LogP contribution in [-0.2, 0) is 14.3 Å². The van der Waals surface area contributed by atoms with Crippen molar-refractivity contribution in [2.45, 2.75) is 24.5 Å². The van der Waals surface area contributed by atoms with E-state index < -0.39 is 30.5 Å². The summed E-state index contributed by atoms with van der Waals surface area (Å²) < 4.78 is 11.5. The Morgan fingerprint density at radius 2 is 2.13 bits per heavy atom. The fourth-order valence-electron chi connectivity index (χ4n) is 2.37. The molecule has 23 heavy (non-hydrogen) atoms. The molecular formula is C12H15N5O6. The van der Waals surface area contributed by atoms with Crippen LogP contribution in [0.25, 0.3) is 11.2 Å². The quantitative estimate of drug-likeness (QED) is 0.444. The Kier molecular flexibility index (Phi) is 4.09. The van der Waals surface area contributed by atoms with Gasteiger partial charge in [-0.2, -0.15) is 0 Å². The minimum atomic E-state index is -1.50. The Morgan fingerprint density at radius 1 is 1.35 bits per heavy atom. The summed E-state index contributed by atoms with van der Waals surface area (Å²) in [6.45, 7) is -0.590. The molecule has 4 atom stereocenters. The van der Waals surface area contributed by atoms with Crippen molar-refractivity contribution in [1.29, 1.82) is 0 Å². The molecule has 1 aliphatic rings. The minimum absolute atomic E-state index is 0.153. The number of imidazole rings is 1. The third-order valence-corrected chi connectivity index (χ3v) is 3.47. The first-order valence-corrected chi connectivity index (χ1v) is 6.76. The Hall–Kier alpha value is -2.34. The number of aliphatic hydroxyl groups excluding tert-OH is 3. The Bertz CT molecular complexity index is 721. The molecule has 2 aromatic rings. The number of hydrogen-bond acceptors (Lipinski definition) is 10. The largest absolute Gasteiger partial charge is 0.461 e. The lowest BCUT2D eigenvalue weighted by atomic mass is 10.1. The highest BCUT2D eigenvalue weighted by molar-refractivity contribution is 5.81. The number of carbonyl (C=O) groups excluding carboxylic acids is 1. The van der Waals surface area contributed by atoms with Crippen LogP contribution in [0.2, 0.25) is 0 Å². The average molecular weight is 325 g/mol. The SMILES string of the molecule is Nc1ncnc2c1ncn2[C@H]1O[C@@H](C(=O)OCCO)[C@@H](O)[C@@H]1O. The molecule has 5 N–H and O–H groups in total. The number of nitrogens with two attached hydrogens (primary N) is 1. The number of rotatable bonds is 4. The monoisotopic (exact) mass is 325 g/mol. The molecule has 11 nitrogen and oxygen atoms in total. The van der Waals surface area contributed by atoms with Crippen molar-refractivity contribution in [1.82, 2.24) is 19.5 Å². The van der Waals surface area contributed by atoms with Crippen molar-refractivity contribution in [3.63, 3.8) is 0 Å². The number of carbonyl (C=O) groups is 1. The van der Waals surface area contributed by atoms with E-state index in [4.69, 9.17) is 20.3 Å². The van der Waals surface area contributed by atoms with Gasteiger partial charge in [0.15, 0.2) is 23.8 Å². The molecule has 124 valence electrons. The first-order chi connectivity index (χ1) is 11.0. The van der Waals surface area contributed by atoms with Gasteiger partial charge in [-0.25, -0.2) is 19.7 Å². The summed E-state index contributed by atoms with van der Waals surface area (Å²) in [6, 6.07) is 0. The van der Waals surface area contributed by atoms with Crippen molar-refractivity contribution >= 4 is 23.0 Å². The van der Waals surface area contributed by atoms with E-state index in [1.54, 1.807) is 0 Å². The van der Waals surface area contributed by atoms with Gasteiger partial charge in [0.25, 0.3) is 0 Å². The van der Waals surface area contributed by atoms with E-state index in [1.165, 1.54) is 17.2 Å². The summed E-state index contributed by atoms with van der Waals surface area (Å²) >= 11 is 0. The third-order valence-electron chi connectivity index (χ3n) is 3.47. The highest BCUT2D eigenvalue weighted by atomic mass is 16.6. The molecular weight excluding hydrogens is 310 g/mol. The second-order valence-electron chi connectivity index (χ2n) is 4.90. The van der Waals surface area contributed by atoms with Gasteiger partial charge in [0.05, 0.1) is 12.9 Å². The smallest absolute Gasteiger partial charge is 0.338 e. The summed E-state index contributed by atoms with van der Waals surface area (Å²) in [5.41, 5.74) is 6.28. The zero-order valence-corrected chi connectivity index (χ0v) is 11.8. The highest BCUT2D eigenvalue weighted by Gasteiger charge is 2.48. The number of hydrogen-bond donors (Lipinski definition) is 4. The van der Waals surface area contributed by atoms with Crippen molar-refractivity contribution < 1.29 is 29.6 Å². The molecule has 1 saturated heterocycles. The van der Waals surface area contributed by atoms with Gasteiger partial charge in [0.1, 0.15) is 30.7 Å². The molecule has 1 aliphatic heterocycles.